The molecule has 6 heteroatoms. The van der Waals surface area contributed by atoms with Crippen molar-refractivity contribution in [2.75, 3.05) is 13.2 Å². The third-order valence-corrected chi connectivity index (χ3v) is 2.42. The van der Waals surface area contributed by atoms with E-state index >= 15 is 0 Å². The van der Waals surface area contributed by atoms with E-state index in [-0.39, 0.29) is 13.0 Å². The fourth-order valence-electron chi connectivity index (χ4n) is 1.40. The second-order valence-electron chi connectivity index (χ2n) is 4.01. The normalized spacial score (nSPS) is 11.5. The fourth-order valence-corrected chi connectivity index (χ4v) is 1.40. The Morgan fingerprint density at radius 2 is 1.80 bits per heavy atom. The molecule has 20 heavy (non-hydrogen) atoms. The molecule has 1 amide bonds. The van der Waals surface area contributed by atoms with E-state index in [0.29, 0.717) is 18.1 Å². The van der Waals surface area contributed by atoms with Gasteiger partial charge in [0.05, 0.1) is 19.6 Å². The SMILES string of the molecule is CCOc1ccccc1OCCC(=O)O[C@@H](C)C(N)=O. The molecule has 0 saturated heterocycles. The van der Waals surface area contributed by atoms with Gasteiger partial charge in [-0.2, -0.15) is 0 Å². The van der Waals surface area contributed by atoms with Crippen LogP contribution in [0.1, 0.15) is 20.3 Å². The number of amides is 1. The lowest BCUT2D eigenvalue weighted by Crippen LogP contribution is -2.30. The molecule has 0 aromatic heterocycles. The lowest BCUT2D eigenvalue weighted by atomic mass is 10.3. The van der Waals surface area contributed by atoms with Crippen LogP contribution in [-0.2, 0) is 14.3 Å². The number of primary amides is 1. The Labute approximate surface area is 117 Å². The summed E-state index contributed by atoms with van der Waals surface area (Å²) < 4.78 is 15.7. The summed E-state index contributed by atoms with van der Waals surface area (Å²) in [5, 5.41) is 0. The van der Waals surface area contributed by atoms with E-state index < -0.39 is 18.0 Å². The van der Waals surface area contributed by atoms with Gasteiger partial charge in [0, 0.05) is 0 Å². The van der Waals surface area contributed by atoms with Crippen LogP contribution in [0.5, 0.6) is 11.5 Å². The molecule has 0 aliphatic carbocycles. The van der Waals surface area contributed by atoms with E-state index in [1.54, 1.807) is 12.1 Å². The first-order valence-corrected chi connectivity index (χ1v) is 6.38. The first-order valence-electron chi connectivity index (χ1n) is 6.38. The second-order valence-corrected chi connectivity index (χ2v) is 4.01. The van der Waals surface area contributed by atoms with Crippen molar-refractivity contribution in [2.24, 2.45) is 5.73 Å². The molecular weight excluding hydrogens is 262 g/mol. The summed E-state index contributed by atoms with van der Waals surface area (Å²) in [6.07, 6.45) is -0.906. The summed E-state index contributed by atoms with van der Waals surface area (Å²) in [6.45, 7) is 3.96. The van der Waals surface area contributed by atoms with Crippen molar-refractivity contribution in [3.63, 3.8) is 0 Å². The molecule has 0 heterocycles. The van der Waals surface area contributed by atoms with E-state index in [4.69, 9.17) is 19.9 Å². The highest BCUT2D eigenvalue weighted by Crippen LogP contribution is 2.26. The average Bonchev–Trinajstić information content (AvgIpc) is 2.40. The third kappa shape index (κ3) is 5.17. The van der Waals surface area contributed by atoms with Crippen LogP contribution in [0.3, 0.4) is 0 Å². The second kappa shape index (κ2) is 8.04. The minimum absolute atomic E-state index is 0.0259. The summed E-state index contributed by atoms with van der Waals surface area (Å²) in [6, 6.07) is 7.18. The number of hydrogen-bond acceptors (Lipinski definition) is 5. The molecule has 110 valence electrons. The van der Waals surface area contributed by atoms with Gasteiger partial charge in [-0.25, -0.2) is 0 Å². The van der Waals surface area contributed by atoms with Gasteiger partial charge in [0.2, 0.25) is 0 Å². The van der Waals surface area contributed by atoms with Gasteiger partial charge >= 0.3 is 5.97 Å². The van der Waals surface area contributed by atoms with E-state index in [1.165, 1.54) is 6.92 Å². The van der Waals surface area contributed by atoms with Crippen LogP contribution in [0.25, 0.3) is 0 Å². The number of nitrogens with two attached hydrogens (primary N) is 1. The number of carbonyl (C=O) groups is 2. The first-order chi connectivity index (χ1) is 9.54. The van der Waals surface area contributed by atoms with Crippen molar-refractivity contribution in [2.45, 2.75) is 26.4 Å². The Morgan fingerprint density at radius 1 is 1.20 bits per heavy atom. The quantitative estimate of drug-likeness (QED) is 0.725. The molecule has 0 aliphatic rings. The van der Waals surface area contributed by atoms with E-state index in [2.05, 4.69) is 0 Å². The van der Waals surface area contributed by atoms with Crippen LogP contribution in [-0.4, -0.2) is 31.2 Å². The van der Waals surface area contributed by atoms with Crippen LogP contribution >= 0.6 is 0 Å². The van der Waals surface area contributed by atoms with Gasteiger partial charge < -0.3 is 19.9 Å². The minimum atomic E-state index is -0.932. The molecule has 0 saturated carbocycles. The molecule has 2 N–H and O–H groups in total. The first kappa shape index (κ1) is 15.8. The van der Waals surface area contributed by atoms with Crippen LogP contribution in [0, 0.1) is 0 Å². The van der Waals surface area contributed by atoms with Crippen LogP contribution in [0.15, 0.2) is 24.3 Å². The largest absolute Gasteiger partial charge is 0.490 e. The van der Waals surface area contributed by atoms with Crippen molar-refractivity contribution in [1.82, 2.24) is 0 Å². The minimum Gasteiger partial charge on any atom is -0.490 e. The standard InChI is InChI=1S/C14H19NO5/c1-3-18-11-6-4-5-7-12(11)19-9-8-13(16)20-10(2)14(15)17/h4-7,10H,3,8-9H2,1-2H3,(H2,15,17)/t10-/m0/s1. The fraction of sp³-hybridized carbons (Fsp3) is 0.429. The van der Waals surface area contributed by atoms with Crippen LogP contribution in [0.4, 0.5) is 0 Å². The van der Waals surface area contributed by atoms with Crippen LogP contribution in [0.2, 0.25) is 0 Å². The number of rotatable bonds is 8. The molecule has 1 atom stereocenters. The maximum Gasteiger partial charge on any atom is 0.310 e. The Balaban J connectivity index is 2.41. The summed E-state index contributed by atoms with van der Waals surface area (Å²) in [4.78, 5) is 22.2. The molecule has 0 bridgehead atoms. The van der Waals surface area contributed by atoms with E-state index in [1.807, 2.05) is 19.1 Å². The topological polar surface area (TPSA) is 87.8 Å². The van der Waals surface area contributed by atoms with Crippen LogP contribution < -0.4 is 15.2 Å². The molecule has 1 rings (SSSR count). The number of carbonyl (C=O) groups excluding carboxylic acids is 2. The number of hydrogen-bond donors (Lipinski definition) is 1. The highest BCUT2D eigenvalue weighted by atomic mass is 16.6. The van der Waals surface area contributed by atoms with Gasteiger partial charge in [0.1, 0.15) is 0 Å². The summed E-state index contributed by atoms with van der Waals surface area (Å²) in [5.41, 5.74) is 4.99. The predicted molar refractivity (Wildman–Crippen MR) is 72.5 cm³/mol. The molecule has 6 nitrogen and oxygen atoms in total. The van der Waals surface area contributed by atoms with Gasteiger partial charge in [-0.05, 0) is 26.0 Å². The van der Waals surface area contributed by atoms with E-state index in [0.717, 1.165) is 0 Å². The monoisotopic (exact) mass is 281 g/mol. The highest BCUT2D eigenvalue weighted by molar-refractivity contribution is 5.81. The third-order valence-electron chi connectivity index (χ3n) is 2.42. The number of esters is 1. The lowest BCUT2D eigenvalue weighted by molar-refractivity contribution is -0.154. The molecule has 0 fully saturated rings. The maximum absolute atomic E-state index is 11.4. The summed E-state index contributed by atoms with van der Waals surface area (Å²) in [7, 11) is 0. The molecule has 0 radical (unpaired) electrons. The van der Waals surface area contributed by atoms with Crippen molar-refractivity contribution in [3.8, 4) is 11.5 Å². The van der Waals surface area contributed by atoms with Gasteiger partial charge in [0.25, 0.3) is 5.91 Å². The smallest absolute Gasteiger partial charge is 0.310 e. The molecule has 1 aromatic carbocycles. The highest BCUT2D eigenvalue weighted by Gasteiger charge is 2.14. The summed E-state index contributed by atoms with van der Waals surface area (Å²) >= 11 is 0. The van der Waals surface area contributed by atoms with Gasteiger partial charge in [0.15, 0.2) is 17.6 Å². The number of para-hydroxylation sites is 2. The van der Waals surface area contributed by atoms with Gasteiger partial charge in [-0.15, -0.1) is 0 Å². The molecule has 0 unspecified atom stereocenters. The molecular formula is C14H19NO5. The number of benzene rings is 1. The lowest BCUT2D eigenvalue weighted by Gasteiger charge is -2.12. The zero-order valence-electron chi connectivity index (χ0n) is 11.6. The Hall–Kier alpha value is -2.24. The molecule has 1 aromatic rings. The van der Waals surface area contributed by atoms with Crippen molar-refractivity contribution in [1.29, 1.82) is 0 Å². The zero-order valence-corrected chi connectivity index (χ0v) is 11.6. The summed E-state index contributed by atoms with van der Waals surface area (Å²) in [5.74, 6) is -0.0369. The number of ether oxygens (including phenoxy) is 3. The predicted octanol–water partition coefficient (Wildman–Crippen LogP) is 1.27. The van der Waals surface area contributed by atoms with Crippen molar-refractivity contribution < 1.29 is 23.8 Å². The Bertz CT molecular complexity index is 461. The van der Waals surface area contributed by atoms with E-state index in [9.17, 15) is 9.59 Å². The van der Waals surface area contributed by atoms with Gasteiger partial charge in [-0.1, -0.05) is 12.1 Å². The Morgan fingerprint density at radius 3 is 2.35 bits per heavy atom. The average molecular weight is 281 g/mol. The molecule has 0 aliphatic heterocycles. The zero-order chi connectivity index (χ0) is 15.0. The maximum atomic E-state index is 11.4. The van der Waals surface area contributed by atoms with Crippen molar-refractivity contribution >= 4 is 11.9 Å². The Kier molecular flexibility index (Phi) is 6.36. The van der Waals surface area contributed by atoms with Crippen molar-refractivity contribution in [3.05, 3.63) is 24.3 Å². The molecule has 0 spiro atoms. The van der Waals surface area contributed by atoms with Gasteiger partial charge in [-0.3, -0.25) is 9.59 Å².